The average Bonchev–Trinajstić information content (AvgIpc) is 3.62. The SMILES string of the molecule is CC1(C)O[C@@H]2[C@H](n3cnc4c(NC5CC5c5ccccc5)nc(I)nc43)[C@H]3C[C@@]3(C(=O)O)[C@@H]2O1. The van der Waals surface area contributed by atoms with Crippen LogP contribution in [0.25, 0.3) is 11.2 Å². The van der Waals surface area contributed by atoms with Crippen molar-refractivity contribution in [3.05, 3.63) is 46.1 Å². The van der Waals surface area contributed by atoms with Gasteiger partial charge in [-0.1, -0.05) is 30.3 Å². The van der Waals surface area contributed by atoms with Crippen molar-refractivity contribution in [1.29, 1.82) is 0 Å². The van der Waals surface area contributed by atoms with Gasteiger partial charge in [0.05, 0.1) is 12.4 Å². The molecule has 9 nitrogen and oxygen atoms in total. The minimum Gasteiger partial charge on any atom is -0.481 e. The number of rotatable bonds is 5. The lowest BCUT2D eigenvalue weighted by molar-refractivity contribution is -0.170. The van der Waals surface area contributed by atoms with Crippen molar-refractivity contribution in [2.45, 2.75) is 62.7 Å². The first-order chi connectivity index (χ1) is 16.3. The number of nitrogens with zero attached hydrogens (tertiary/aromatic N) is 4. The molecule has 7 rings (SSSR count). The van der Waals surface area contributed by atoms with Crippen LogP contribution < -0.4 is 5.32 Å². The normalized spacial score (nSPS) is 36.8. The molecule has 1 saturated heterocycles. The molecule has 2 unspecified atom stereocenters. The molecule has 3 aromatic rings. The Labute approximate surface area is 209 Å². The van der Waals surface area contributed by atoms with Crippen LogP contribution in [0, 0.1) is 15.2 Å². The van der Waals surface area contributed by atoms with Gasteiger partial charge in [-0.05, 0) is 32.3 Å². The van der Waals surface area contributed by atoms with E-state index in [9.17, 15) is 9.90 Å². The number of halogens is 1. The molecule has 0 radical (unpaired) electrons. The number of carboxylic acids is 1. The average molecular weight is 573 g/mol. The van der Waals surface area contributed by atoms with Gasteiger partial charge in [0.2, 0.25) is 0 Å². The van der Waals surface area contributed by atoms with E-state index >= 15 is 0 Å². The van der Waals surface area contributed by atoms with Gasteiger partial charge < -0.3 is 24.5 Å². The number of aliphatic carboxylic acids is 1. The summed E-state index contributed by atoms with van der Waals surface area (Å²) in [6.07, 6.45) is 2.53. The van der Waals surface area contributed by atoms with Crippen LogP contribution in [0.3, 0.4) is 0 Å². The van der Waals surface area contributed by atoms with Crippen molar-refractivity contribution >= 4 is 45.5 Å². The third-order valence-corrected chi connectivity index (χ3v) is 8.38. The molecule has 3 aliphatic carbocycles. The third-order valence-electron chi connectivity index (χ3n) is 7.90. The van der Waals surface area contributed by atoms with Gasteiger partial charge in [0.25, 0.3) is 0 Å². The molecule has 3 heterocycles. The minimum atomic E-state index is -0.905. The Hall–Kier alpha value is -2.31. The number of carbonyl (C=O) groups is 1. The van der Waals surface area contributed by atoms with Gasteiger partial charge in [-0.15, -0.1) is 0 Å². The molecule has 2 aromatic heterocycles. The van der Waals surface area contributed by atoms with E-state index in [1.807, 2.05) is 24.5 Å². The predicted octanol–water partition coefficient (Wildman–Crippen LogP) is 3.56. The van der Waals surface area contributed by atoms with Crippen LogP contribution in [0.15, 0.2) is 36.7 Å². The molecule has 4 fully saturated rings. The summed E-state index contributed by atoms with van der Waals surface area (Å²) in [7, 11) is 0. The highest BCUT2D eigenvalue weighted by Gasteiger charge is 2.80. The van der Waals surface area contributed by atoms with E-state index in [1.54, 1.807) is 6.33 Å². The number of aromatic nitrogens is 4. The lowest BCUT2D eigenvalue weighted by atomic mass is 9.99. The van der Waals surface area contributed by atoms with E-state index < -0.39 is 23.3 Å². The van der Waals surface area contributed by atoms with Gasteiger partial charge in [0.1, 0.15) is 17.6 Å². The maximum atomic E-state index is 12.3. The zero-order chi connectivity index (χ0) is 23.4. The lowest BCUT2D eigenvalue weighted by Gasteiger charge is -2.24. The van der Waals surface area contributed by atoms with Crippen LogP contribution in [-0.4, -0.2) is 54.6 Å². The number of imidazole rings is 1. The van der Waals surface area contributed by atoms with Crippen LogP contribution in [0.4, 0.5) is 5.82 Å². The molecule has 0 amide bonds. The molecule has 2 N–H and O–H groups in total. The zero-order valence-electron chi connectivity index (χ0n) is 18.7. The van der Waals surface area contributed by atoms with Gasteiger partial charge in [0, 0.05) is 40.5 Å². The van der Waals surface area contributed by atoms with Gasteiger partial charge in [0.15, 0.2) is 26.6 Å². The van der Waals surface area contributed by atoms with E-state index in [0.29, 0.717) is 33.4 Å². The highest BCUT2D eigenvalue weighted by atomic mass is 127. The maximum Gasteiger partial charge on any atom is 0.312 e. The highest BCUT2D eigenvalue weighted by Crippen LogP contribution is 2.71. The highest BCUT2D eigenvalue weighted by molar-refractivity contribution is 14.1. The van der Waals surface area contributed by atoms with Crippen molar-refractivity contribution in [3.63, 3.8) is 0 Å². The van der Waals surface area contributed by atoms with E-state index in [-0.39, 0.29) is 18.1 Å². The van der Waals surface area contributed by atoms with Gasteiger partial charge in [-0.2, -0.15) is 0 Å². The summed E-state index contributed by atoms with van der Waals surface area (Å²) >= 11 is 2.13. The Morgan fingerprint density at radius 2 is 2.03 bits per heavy atom. The second-order valence-electron chi connectivity index (χ2n) is 10.3. The first-order valence-corrected chi connectivity index (χ1v) is 12.7. The Morgan fingerprint density at radius 3 is 2.79 bits per heavy atom. The topological polar surface area (TPSA) is 111 Å². The quantitative estimate of drug-likeness (QED) is 0.352. The standard InChI is InChI=1S/C24H24IN5O4/c1-23(2)33-17-16(13-9-24(13,21(31)32)18(17)34-23)30-10-26-15-19(28-22(25)29-20(15)30)27-14-8-12(14)11-6-4-3-5-7-11/h3-7,10,12-14,16-18H,8-9H2,1-2H3,(H,31,32)(H,27,28,29)/t12?,13-,14?,16-,17-,18-,24+/m1/s1. The molecule has 0 bridgehead atoms. The molecule has 34 heavy (non-hydrogen) atoms. The Kier molecular flexibility index (Phi) is 4.25. The molecule has 1 aromatic carbocycles. The second kappa shape index (κ2) is 6.88. The van der Waals surface area contributed by atoms with Crippen molar-refractivity contribution in [3.8, 4) is 0 Å². The monoisotopic (exact) mass is 573 g/mol. The molecule has 7 atom stereocenters. The van der Waals surface area contributed by atoms with Gasteiger partial charge in [-0.3, -0.25) is 4.79 Å². The number of fused-ring (bicyclic) bond motifs is 4. The fraction of sp³-hybridized carbons (Fsp3) is 0.500. The van der Waals surface area contributed by atoms with Crippen molar-refractivity contribution in [2.75, 3.05) is 5.32 Å². The largest absolute Gasteiger partial charge is 0.481 e. The molecule has 1 aliphatic heterocycles. The maximum absolute atomic E-state index is 12.3. The first-order valence-electron chi connectivity index (χ1n) is 11.6. The molecule has 176 valence electrons. The van der Waals surface area contributed by atoms with Crippen molar-refractivity contribution in [2.24, 2.45) is 11.3 Å². The fourth-order valence-electron chi connectivity index (χ4n) is 6.25. The third kappa shape index (κ3) is 2.91. The second-order valence-corrected chi connectivity index (χ2v) is 11.3. The Bertz CT molecular complexity index is 1330. The Balaban J connectivity index is 1.24. The van der Waals surface area contributed by atoms with Crippen LogP contribution in [0.1, 0.15) is 44.2 Å². The van der Waals surface area contributed by atoms with E-state index in [2.05, 4.69) is 62.1 Å². The summed E-state index contributed by atoms with van der Waals surface area (Å²) in [5, 5.41) is 13.7. The van der Waals surface area contributed by atoms with Crippen LogP contribution >= 0.6 is 22.6 Å². The number of hydrogen-bond acceptors (Lipinski definition) is 7. The summed E-state index contributed by atoms with van der Waals surface area (Å²) in [5.74, 6) is -0.545. The number of benzene rings is 1. The zero-order valence-corrected chi connectivity index (χ0v) is 20.8. The lowest BCUT2D eigenvalue weighted by Crippen LogP contribution is -2.35. The molecule has 10 heteroatoms. The molecular weight excluding hydrogens is 549 g/mol. The summed E-state index contributed by atoms with van der Waals surface area (Å²) in [6.45, 7) is 3.68. The molecule has 4 aliphatic rings. The number of ether oxygens (including phenoxy) is 2. The number of nitrogens with one attached hydrogen (secondary N) is 1. The molecular formula is C24H24IN5O4. The number of carboxylic acid groups (broad SMARTS) is 1. The van der Waals surface area contributed by atoms with Crippen LogP contribution in [0.5, 0.6) is 0 Å². The van der Waals surface area contributed by atoms with Crippen molar-refractivity contribution < 1.29 is 19.4 Å². The summed E-state index contributed by atoms with van der Waals surface area (Å²) < 4.78 is 15.0. The van der Waals surface area contributed by atoms with Crippen molar-refractivity contribution in [1.82, 2.24) is 19.5 Å². The van der Waals surface area contributed by atoms with Gasteiger partial charge in [-0.25, -0.2) is 15.0 Å². The van der Waals surface area contributed by atoms with E-state index in [1.165, 1.54) is 5.56 Å². The Morgan fingerprint density at radius 1 is 1.24 bits per heavy atom. The first kappa shape index (κ1) is 21.0. The van der Waals surface area contributed by atoms with Gasteiger partial charge >= 0.3 is 5.97 Å². The minimum absolute atomic E-state index is 0.0802. The number of anilines is 1. The fourth-order valence-corrected chi connectivity index (χ4v) is 6.72. The van der Waals surface area contributed by atoms with E-state index in [4.69, 9.17) is 14.5 Å². The summed E-state index contributed by atoms with van der Waals surface area (Å²) in [4.78, 5) is 26.3. The number of hydrogen-bond donors (Lipinski definition) is 2. The summed E-state index contributed by atoms with van der Waals surface area (Å²) in [6, 6.07) is 10.6. The molecule has 3 saturated carbocycles. The summed E-state index contributed by atoms with van der Waals surface area (Å²) in [5.41, 5.74) is 1.81. The van der Waals surface area contributed by atoms with E-state index in [0.717, 1.165) is 12.2 Å². The predicted molar refractivity (Wildman–Crippen MR) is 130 cm³/mol. The molecule has 0 spiro atoms. The smallest absolute Gasteiger partial charge is 0.312 e. The van der Waals surface area contributed by atoms with Crippen LogP contribution in [-0.2, 0) is 14.3 Å². The van der Waals surface area contributed by atoms with Crippen LogP contribution in [0.2, 0.25) is 0 Å².